The van der Waals surface area contributed by atoms with Crippen LogP contribution in [-0.2, 0) is 20.1 Å². The van der Waals surface area contributed by atoms with E-state index < -0.39 is 0 Å². The molecule has 0 aliphatic rings. The molecule has 6 nitrogen and oxygen atoms in total. The molecule has 0 unspecified atom stereocenters. The molecule has 0 saturated carbocycles. The Hall–Kier alpha value is -2.47. The van der Waals surface area contributed by atoms with Crippen LogP contribution in [0.15, 0.2) is 47.0 Å². The minimum absolute atomic E-state index is 0.533. The fraction of sp³-hybridized carbons (Fsp3) is 0.214. The number of hydrogen-bond acceptors (Lipinski definition) is 5. The molecule has 1 N–H and O–H groups in total. The summed E-state index contributed by atoms with van der Waals surface area (Å²) in [6.45, 7) is 1.24. The molecule has 1 aromatic carbocycles. The van der Waals surface area contributed by atoms with E-state index in [1.807, 2.05) is 48.1 Å². The minimum Gasteiger partial charge on any atom is -0.419 e. The van der Waals surface area contributed by atoms with Crippen molar-refractivity contribution in [2.75, 3.05) is 0 Å². The third-order valence-electron chi connectivity index (χ3n) is 2.99. The molecule has 2 aromatic heterocycles. The molecule has 0 saturated heterocycles. The maximum Gasteiger partial charge on any atom is 0.247 e. The molecule has 2 heterocycles. The third-order valence-corrected chi connectivity index (χ3v) is 2.99. The summed E-state index contributed by atoms with van der Waals surface area (Å²) >= 11 is 0. The first kappa shape index (κ1) is 12.6. The summed E-state index contributed by atoms with van der Waals surface area (Å²) in [6.07, 6.45) is 1.78. The summed E-state index contributed by atoms with van der Waals surface area (Å²) in [5.74, 6) is 1.12. The Morgan fingerprint density at radius 1 is 1.10 bits per heavy atom. The number of aromatic nitrogens is 4. The molecule has 0 aliphatic carbocycles. The molecule has 0 fully saturated rings. The van der Waals surface area contributed by atoms with Crippen LogP contribution < -0.4 is 5.32 Å². The maximum atomic E-state index is 5.61. The van der Waals surface area contributed by atoms with Crippen molar-refractivity contribution >= 4 is 0 Å². The van der Waals surface area contributed by atoms with Crippen LogP contribution in [0.5, 0.6) is 0 Å². The fourth-order valence-electron chi connectivity index (χ4n) is 1.89. The first-order valence-corrected chi connectivity index (χ1v) is 6.38. The topological polar surface area (TPSA) is 68.8 Å². The van der Waals surface area contributed by atoms with Gasteiger partial charge in [-0.05, 0) is 18.2 Å². The van der Waals surface area contributed by atoms with Gasteiger partial charge >= 0.3 is 0 Å². The minimum atomic E-state index is 0.533. The van der Waals surface area contributed by atoms with Gasteiger partial charge in [0.25, 0.3) is 0 Å². The van der Waals surface area contributed by atoms with Gasteiger partial charge in [-0.3, -0.25) is 4.68 Å². The van der Waals surface area contributed by atoms with Crippen molar-refractivity contribution in [1.82, 2.24) is 25.3 Å². The fourth-order valence-corrected chi connectivity index (χ4v) is 1.89. The Morgan fingerprint density at radius 2 is 1.95 bits per heavy atom. The Morgan fingerprint density at radius 3 is 2.70 bits per heavy atom. The smallest absolute Gasteiger partial charge is 0.247 e. The summed E-state index contributed by atoms with van der Waals surface area (Å²) in [5, 5.41) is 15.4. The van der Waals surface area contributed by atoms with E-state index in [1.54, 1.807) is 6.20 Å². The molecule has 102 valence electrons. The molecule has 6 heteroatoms. The SMILES string of the molecule is Cn1nccc1CNCc1nnc(-c2ccccc2)o1. The van der Waals surface area contributed by atoms with Gasteiger partial charge in [0.2, 0.25) is 11.8 Å². The second-order valence-corrected chi connectivity index (χ2v) is 4.42. The van der Waals surface area contributed by atoms with Crippen LogP contribution in [0.25, 0.3) is 11.5 Å². The quantitative estimate of drug-likeness (QED) is 0.764. The lowest BCUT2D eigenvalue weighted by molar-refractivity contribution is 0.473. The molecule has 3 aromatic rings. The van der Waals surface area contributed by atoms with Gasteiger partial charge < -0.3 is 9.73 Å². The van der Waals surface area contributed by atoms with Crippen molar-refractivity contribution < 1.29 is 4.42 Å². The van der Waals surface area contributed by atoms with Gasteiger partial charge in [-0.1, -0.05) is 18.2 Å². The van der Waals surface area contributed by atoms with E-state index in [0.29, 0.717) is 24.9 Å². The van der Waals surface area contributed by atoms with Crippen LogP contribution in [0.1, 0.15) is 11.6 Å². The van der Waals surface area contributed by atoms with E-state index in [9.17, 15) is 0 Å². The molecule has 3 rings (SSSR count). The van der Waals surface area contributed by atoms with Crippen LogP contribution >= 0.6 is 0 Å². The summed E-state index contributed by atoms with van der Waals surface area (Å²) in [6, 6.07) is 11.7. The second kappa shape index (κ2) is 5.66. The Labute approximate surface area is 116 Å². The molecule has 20 heavy (non-hydrogen) atoms. The zero-order valence-corrected chi connectivity index (χ0v) is 11.2. The molecule has 0 aliphatic heterocycles. The molecular weight excluding hydrogens is 254 g/mol. The number of nitrogens with zero attached hydrogens (tertiary/aromatic N) is 4. The normalized spacial score (nSPS) is 10.8. The number of hydrogen-bond donors (Lipinski definition) is 1. The largest absolute Gasteiger partial charge is 0.419 e. The van der Waals surface area contributed by atoms with Gasteiger partial charge in [0.05, 0.1) is 12.2 Å². The van der Waals surface area contributed by atoms with Gasteiger partial charge in [-0.15, -0.1) is 10.2 Å². The molecule has 0 atom stereocenters. The number of aryl methyl sites for hydroxylation is 1. The van der Waals surface area contributed by atoms with Crippen molar-refractivity contribution in [3.8, 4) is 11.5 Å². The van der Waals surface area contributed by atoms with E-state index in [2.05, 4.69) is 20.6 Å². The van der Waals surface area contributed by atoms with Crippen LogP contribution in [0.3, 0.4) is 0 Å². The summed E-state index contributed by atoms with van der Waals surface area (Å²) in [7, 11) is 1.91. The average Bonchev–Trinajstić information content (AvgIpc) is 3.10. The summed E-state index contributed by atoms with van der Waals surface area (Å²) < 4.78 is 7.44. The lowest BCUT2D eigenvalue weighted by Gasteiger charge is -2.02. The van der Waals surface area contributed by atoms with Crippen molar-refractivity contribution in [3.05, 3.63) is 54.2 Å². The average molecular weight is 269 g/mol. The van der Waals surface area contributed by atoms with E-state index in [-0.39, 0.29) is 0 Å². The van der Waals surface area contributed by atoms with Crippen LogP contribution in [0, 0.1) is 0 Å². The standard InChI is InChI=1S/C14H15N5O/c1-19-12(7-8-16-19)9-15-10-13-17-18-14(20-13)11-5-3-2-4-6-11/h2-8,15H,9-10H2,1H3. The van der Waals surface area contributed by atoms with Gasteiger partial charge in [-0.25, -0.2) is 0 Å². The highest BCUT2D eigenvalue weighted by Crippen LogP contribution is 2.16. The number of rotatable bonds is 5. The Bertz CT molecular complexity index is 674. The van der Waals surface area contributed by atoms with Crippen molar-refractivity contribution in [1.29, 1.82) is 0 Å². The maximum absolute atomic E-state index is 5.61. The first-order valence-electron chi connectivity index (χ1n) is 6.38. The van der Waals surface area contributed by atoms with E-state index in [4.69, 9.17) is 4.42 Å². The predicted molar refractivity (Wildman–Crippen MR) is 73.5 cm³/mol. The van der Waals surface area contributed by atoms with Crippen molar-refractivity contribution in [2.24, 2.45) is 7.05 Å². The zero-order valence-electron chi connectivity index (χ0n) is 11.2. The van der Waals surface area contributed by atoms with Gasteiger partial charge in [0.15, 0.2) is 0 Å². The van der Waals surface area contributed by atoms with Crippen LogP contribution in [-0.4, -0.2) is 20.0 Å². The predicted octanol–water partition coefficient (Wildman–Crippen LogP) is 1.76. The molecule has 0 radical (unpaired) electrons. The first-order chi connectivity index (χ1) is 9.83. The lowest BCUT2D eigenvalue weighted by atomic mass is 10.2. The molecule has 0 bridgehead atoms. The van der Waals surface area contributed by atoms with Crippen LogP contribution in [0.2, 0.25) is 0 Å². The van der Waals surface area contributed by atoms with Crippen LogP contribution in [0.4, 0.5) is 0 Å². The number of nitrogens with one attached hydrogen (secondary N) is 1. The zero-order chi connectivity index (χ0) is 13.8. The highest BCUT2D eigenvalue weighted by molar-refractivity contribution is 5.51. The second-order valence-electron chi connectivity index (χ2n) is 4.42. The summed E-state index contributed by atoms with van der Waals surface area (Å²) in [4.78, 5) is 0. The van der Waals surface area contributed by atoms with Gasteiger partial charge in [-0.2, -0.15) is 5.10 Å². The lowest BCUT2D eigenvalue weighted by Crippen LogP contribution is -2.15. The third kappa shape index (κ3) is 2.75. The number of benzene rings is 1. The highest BCUT2D eigenvalue weighted by atomic mass is 16.4. The summed E-state index contributed by atoms with van der Waals surface area (Å²) in [5.41, 5.74) is 2.03. The molecule has 0 amide bonds. The van der Waals surface area contributed by atoms with Gasteiger partial charge in [0, 0.05) is 25.4 Å². The monoisotopic (exact) mass is 269 g/mol. The highest BCUT2D eigenvalue weighted by Gasteiger charge is 2.07. The Kier molecular flexibility index (Phi) is 3.56. The van der Waals surface area contributed by atoms with E-state index in [1.165, 1.54) is 0 Å². The molecule has 0 spiro atoms. The van der Waals surface area contributed by atoms with Gasteiger partial charge in [0.1, 0.15) is 0 Å². The molecular formula is C14H15N5O. The van der Waals surface area contributed by atoms with E-state index >= 15 is 0 Å². The van der Waals surface area contributed by atoms with Crippen molar-refractivity contribution in [2.45, 2.75) is 13.1 Å². The Balaban J connectivity index is 1.59. The van der Waals surface area contributed by atoms with E-state index in [0.717, 1.165) is 11.3 Å². The van der Waals surface area contributed by atoms with Crippen molar-refractivity contribution in [3.63, 3.8) is 0 Å².